The first kappa shape index (κ1) is 26.1. The molecule has 2 aromatic heterocycles. The van der Waals surface area contributed by atoms with Crippen molar-refractivity contribution in [1.82, 2.24) is 19.8 Å². The number of rotatable bonds is 11. The van der Waals surface area contributed by atoms with Crippen LogP contribution in [0.1, 0.15) is 35.3 Å². The van der Waals surface area contributed by atoms with Crippen LogP contribution in [-0.4, -0.2) is 20.9 Å². The number of para-hydroxylation sites is 1. The second-order valence-electron chi connectivity index (χ2n) is 8.92. The minimum atomic E-state index is -0.531. The van der Waals surface area contributed by atoms with Crippen LogP contribution in [0.15, 0.2) is 75.6 Å². The van der Waals surface area contributed by atoms with Gasteiger partial charge in [-0.05, 0) is 48.9 Å². The van der Waals surface area contributed by atoms with E-state index in [1.165, 1.54) is 9.13 Å². The number of carbonyl (C=O) groups is 2. The Hall–Kier alpha value is -3.98. The van der Waals surface area contributed by atoms with Crippen LogP contribution in [0.3, 0.4) is 0 Å². The van der Waals surface area contributed by atoms with Gasteiger partial charge in [0.2, 0.25) is 11.8 Å². The van der Waals surface area contributed by atoms with Crippen molar-refractivity contribution < 1.29 is 9.59 Å². The Bertz CT molecular complexity index is 1490. The van der Waals surface area contributed by atoms with Gasteiger partial charge in [0.1, 0.15) is 6.54 Å². The van der Waals surface area contributed by atoms with Gasteiger partial charge in [0, 0.05) is 24.4 Å². The van der Waals surface area contributed by atoms with Crippen LogP contribution in [-0.2, 0) is 35.8 Å². The van der Waals surface area contributed by atoms with Gasteiger partial charge in [-0.25, -0.2) is 4.79 Å². The lowest BCUT2D eigenvalue weighted by molar-refractivity contribution is -0.122. The first-order valence-corrected chi connectivity index (χ1v) is 13.1. The van der Waals surface area contributed by atoms with Crippen LogP contribution in [0.25, 0.3) is 10.9 Å². The molecule has 37 heavy (non-hydrogen) atoms. The molecule has 0 aliphatic rings. The monoisotopic (exact) mass is 518 g/mol. The number of amides is 2. The summed E-state index contributed by atoms with van der Waals surface area (Å²) in [6, 6.07) is 18.5. The SMILES string of the molecule is Cc1ccc(CNC(=O)Cn2c(=O)n(CCCCC(=O)NCc3cccs3)c(=O)c3ccccc32)cc1. The van der Waals surface area contributed by atoms with E-state index in [4.69, 9.17) is 0 Å². The number of aryl methyl sites for hydroxylation is 1. The van der Waals surface area contributed by atoms with Gasteiger partial charge in [-0.3, -0.25) is 23.5 Å². The lowest BCUT2D eigenvalue weighted by Crippen LogP contribution is -2.42. The molecular weight excluding hydrogens is 488 g/mol. The molecule has 0 bridgehead atoms. The highest BCUT2D eigenvalue weighted by Gasteiger charge is 2.15. The second kappa shape index (κ2) is 12.3. The molecular formula is C28H30N4O4S. The van der Waals surface area contributed by atoms with Crippen molar-refractivity contribution in [2.75, 3.05) is 0 Å². The number of benzene rings is 2. The van der Waals surface area contributed by atoms with Crippen molar-refractivity contribution in [2.24, 2.45) is 0 Å². The van der Waals surface area contributed by atoms with Crippen molar-refractivity contribution in [1.29, 1.82) is 0 Å². The van der Waals surface area contributed by atoms with Crippen LogP contribution in [0, 0.1) is 6.92 Å². The molecule has 0 radical (unpaired) electrons. The Morgan fingerprint density at radius 2 is 1.59 bits per heavy atom. The predicted octanol–water partition coefficient (Wildman–Crippen LogP) is 3.34. The maximum Gasteiger partial charge on any atom is 0.331 e. The van der Waals surface area contributed by atoms with E-state index in [1.807, 2.05) is 48.7 Å². The Balaban J connectivity index is 1.41. The summed E-state index contributed by atoms with van der Waals surface area (Å²) in [5.41, 5.74) is 1.59. The van der Waals surface area contributed by atoms with Gasteiger partial charge in [0.05, 0.1) is 17.4 Å². The molecule has 0 atom stereocenters. The number of nitrogens with zero attached hydrogens (tertiary/aromatic N) is 2. The second-order valence-corrected chi connectivity index (χ2v) is 9.95. The number of nitrogens with one attached hydrogen (secondary N) is 2. The Morgan fingerprint density at radius 1 is 0.838 bits per heavy atom. The Morgan fingerprint density at radius 3 is 2.35 bits per heavy atom. The van der Waals surface area contributed by atoms with E-state index in [-0.39, 0.29) is 30.5 Å². The molecule has 0 aliphatic heterocycles. The molecule has 0 saturated carbocycles. The largest absolute Gasteiger partial charge is 0.351 e. The van der Waals surface area contributed by atoms with Crippen molar-refractivity contribution >= 4 is 34.1 Å². The van der Waals surface area contributed by atoms with Gasteiger partial charge >= 0.3 is 5.69 Å². The van der Waals surface area contributed by atoms with Crippen molar-refractivity contribution in [2.45, 2.75) is 52.4 Å². The van der Waals surface area contributed by atoms with Crippen LogP contribution < -0.4 is 21.9 Å². The zero-order chi connectivity index (χ0) is 26.2. The van der Waals surface area contributed by atoms with Gasteiger partial charge in [-0.15, -0.1) is 11.3 Å². The zero-order valence-corrected chi connectivity index (χ0v) is 21.6. The molecule has 2 N–H and O–H groups in total. The lowest BCUT2D eigenvalue weighted by Gasteiger charge is -2.14. The van der Waals surface area contributed by atoms with Gasteiger partial charge < -0.3 is 10.6 Å². The number of fused-ring (bicyclic) bond motifs is 1. The molecule has 0 spiro atoms. The van der Waals surface area contributed by atoms with E-state index >= 15 is 0 Å². The fourth-order valence-electron chi connectivity index (χ4n) is 4.07. The molecule has 0 aliphatic carbocycles. The number of unbranched alkanes of at least 4 members (excludes halogenated alkanes) is 1. The zero-order valence-electron chi connectivity index (χ0n) is 20.7. The van der Waals surface area contributed by atoms with E-state index in [0.29, 0.717) is 43.3 Å². The average Bonchev–Trinajstić information content (AvgIpc) is 3.43. The summed E-state index contributed by atoms with van der Waals surface area (Å²) in [6.45, 7) is 2.82. The quantitative estimate of drug-likeness (QED) is 0.297. The fraction of sp³-hybridized carbons (Fsp3) is 0.286. The molecule has 4 aromatic rings. The van der Waals surface area contributed by atoms with Crippen LogP contribution in [0.2, 0.25) is 0 Å². The minimum absolute atomic E-state index is 0.0677. The van der Waals surface area contributed by atoms with Crippen molar-refractivity contribution in [3.05, 3.63) is 103 Å². The summed E-state index contributed by atoms with van der Waals surface area (Å²) in [7, 11) is 0. The fourth-order valence-corrected chi connectivity index (χ4v) is 4.71. The van der Waals surface area contributed by atoms with Gasteiger partial charge in [-0.2, -0.15) is 0 Å². The van der Waals surface area contributed by atoms with Gasteiger partial charge in [-0.1, -0.05) is 48.0 Å². The maximum absolute atomic E-state index is 13.3. The third-order valence-corrected chi connectivity index (χ3v) is 7.00. The Labute approximate surface area is 218 Å². The Kier molecular flexibility index (Phi) is 8.68. The molecule has 0 saturated heterocycles. The van der Waals surface area contributed by atoms with Crippen molar-refractivity contribution in [3.8, 4) is 0 Å². The van der Waals surface area contributed by atoms with Gasteiger partial charge in [0.25, 0.3) is 5.56 Å². The topological polar surface area (TPSA) is 102 Å². The summed E-state index contributed by atoms with van der Waals surface area (Å²) in [5.74, 6) is -0.387. The van der Waals surface area contributed by atoms with Crippen molar-refractivity contribution in [3.63, 3.8) is 0 Å². The summed E-state index contributed by atoms with van der Waals surface area (Å²) in [6.07, 6.45) is 1.33. The van der Waals surface area contributed by atoms with Crippen LogP contribution in [0.5, 0.6) is 0 Å². The molecule has 2 aromatic carbocycles. The van der Waals surface area contributed by atoms with E-state index in [0.717, 1.165) is 16.0 Å². The smallest absolute Gasteiger partial charge is 0.331 e. The number of thiophene rings is 1. The van der Waals surface area contributed by atoms with E-state index in [9.17, 15) is 19.2 Å². The third kappa shape index (κ3) is 6.83. The number of hydrogen-bond acceptors (Lipinski definition) is 5. The lowest BCUT2D eigenvalue weighted by atomic mass is 10.1. The standard InChI is InChI=1S/C28H30N4O4S/c1-20-11-13-21(14-12-20)17-29-26(34)19-32-24-9-3-2-8-23(24)27(35)31(28(32)36)15-5-4-10-25(33)30-18-22-7-6-16-37-22/h2-3,6-9,11-14,16H,4-5,10,15,17-19H2,1H3,(H,29,34)(H,30,33). The summed E-state index contributed by atoms with van der Waals surface area (Å²) in [4.78, 5) is 52.3. The van der Waals surface area contributed by atoms with Gasteiger partial charge in [0.15, 0.2) is 0 Å². The van der Waals surface area contributed by atoms with Crippen LogP contribution in [0.4, 0.5) is 0 Å². The average molecular weight is 519 g/mol. The summed E-state index contributed by atoms with van der Waals surface area (Å²) in [5, 5.41) is 8.07. The summed E-state index contributed by atoms with van der Waals surface area (Å²) < 4.78 is 2.51. The highest BCUT2D eigenvalue weighted by Crippen LogP contribution is 2.10. The minimum Gasteiger partial charge on any atom is -0.351 e. The first-order valence-electron chi connectivity index (χ1n) is 12.3. The summed E-state index contributed by atoms with van der Waals surface area (Å²) >= 11 is 1.58. The molecule has 0 unspecified atom stereocenters. The molecule has 4 rings (SSSR count). The first-order chi connectivity index (χ1) is 17.9. The third-order valence-electron chi connectivity index (χ3n) is 6.12. The molecule has 2 heterocycles. The highest BCUT2D eigenvalue weighted by atomic mass is 32.1. The predicted molar refractivity (Wildman–Crippen MR) is 146 cm³/mol. The number of hydrogen-bond donors (Lipinski definition) is 2. The molecule has 192 valence electrons. The molecule has 8 nitrogen and oxygen atoms in total. The normalized spacial score (nSPS) is 10.9. The highest BCUT2D eigenvalue weighted by molar-refractivity contribution is 7.09. The van der Waals surface area contributed by atoms with E-state index in [2.05, 4.69) is 10.6 Å². The maximum atomic E-state index is 13.3. The number of aromatic nitrogens is 2. The van der Waals surface area contributed by atoms with E-state index < -0.39 is 5.69 Å². The molecule has 9 heteroatoms. The molecule has 2 amide bonds. The van der Waals surface area contributed by atoms with E-state index in [1.54, 1.807) is 35.6 Å². The molecule has 0 fully saturated rings. The van der Waals surface area contributed by atoms with Crippen LogP contribution >= 0.6 is 11.3 Å². The number of carbonyl (C=O) groups excluding carboxylic acids is 2.